The van der Waals surface area contributed by atoms with Gasteiger partial charge >= 0.3 is 6.97 Å². The highest BCUT2D eigenvalue weighted by Crippen LogP contribution is 2.43. The van der Waals surface area contributed by atoms with Crippen molar-refractivity contribution >= 4 is 49.0 Å². The summed E-state index contributed by atoms with van der Waals surface area (Å²) in [4.78, 5) is 0. The van der Waals surface area contributed by atoms with Crippen LogP contribution in [0.3, 0.4) is 0 Å². The van der Waals surface area contributed by atoms with Crippen LogP contribution in [0.1, 0.15) is 11.3 Å². The highest BCUT2D eigenvalue weighted by atomic mass is 79.9. The first-order valence-electron chi connectivity index (χ1n) is 6.92. The quantitative estimate of drug-likeness (QED) is 0.421. The summed E-state index contributed by atoms with van der Waals surface area (Å²) in [6, 6.07) is 6.30. The Morgan fingerprint density at radius 1 is 0.958 bits per heavy atom. The number of hydrogen-bond donors (Lipinski definition) is 0. The van der Waals surface area contributed by atoms with Crippen LogP contribution in [-0.4, -0.2) is 20.6 Å². The van der Waals surface area contributed by atoms with Crippen LogP contribution >= 0.6 is 31.9 Å². The van der Waals surface area contributed by atoms with Crippen molar-refractivity contribution in [2.45, 2.75) is 0 Å². The predicted octanol–water partition coefficient (Wildman–Crippen LogP) is 4.90. The zero-order valence-electron chi connectivity index (χ0n) is 11.8. The number of fused-ring (bicyclic) bond motifs is 2. The van der Waals surface area contributed by atoms with Gasteiger partial charge in [0.2, 0.25) is 4.62 Å². The molecule has 0 N–H and O–H groups in total. The summed E-state index contributed by atoms with van der Waals surface area (Å²) in [6.07, 6.45) is 2.86. The molecule has 2 aromatic rings. The first-order chi connectivity index (χ1) is 11.3. The largest absolute Gasteiger partial charge is 0.738 e. The lowest BCUT2D eigenvalue weighted by Crippen LogP contribution is -2.50. The van der Waals surface area contributed by atoms with Gasteiger partial charge in [0.1, 0.15) is 11.6 Å². The molecule has 0 spiro atoms. The van der Waals surface area contributed by atoms with E-state index in [-0.39, 0.29) is 31.8 Å². The van der Waals surface area contributed by atoms with Gasteiger partial charge in [-0.3, -0.25) is 0 Å². The lowest BCUT2D eigenvalue weighted by molar-refractivity contribution is -0.358. The van der Waals surface area contributed by atoms with E-state index in [2.05, 4.69) is 31.9 Å². The zero-order valence-corrected chi connectivity index (χ0v) is 15.0. The topological polar surface area (TPSA) is 7.94 Å². The van der Waals surface area contributed by atoms with Crippen LogP contribution in [0.2, 0.25) is 0 Å². The number of rotatable bonds is 1. The minimum absolute atomic E-state index is 0.0500. The summed E-state index contributed by atoms with van der Waals surface area (Å²) >= 11 is 6.20. The fourth-order valence-corrected chi connectivity index (χ4v) is 4.26. The molecule has 2 aliphatic heterocycles. The molecule has 24 heavy (non-hydrogen) atoms. The lowest BCUT2D eigenvalue weighted by Gasteiger charge is -2.32. The highest BCUT2D eigenvalue weighted by Gasteiger charge is 2.54. The van der Waals surface area contributed by atoms with Crippen molar-refractivity contribution in [3.05, 3.63) is 75.7 Å². The van der Waals surface area contributed by atoms with Crippen LogP contribution in [0.15, 0.2) is 52.8 Å². The molecule has 1 aromatic carbocycles. The van der Waals surface area contributed by atoms with Gasteiger partial charge in [0.05, 0.1) is 15.7 Å². The van der Waals surface area contributed by atoms with Crippen LogP contribution in [0, 0.1) is 11.6 Å². The summed E-state index contributed by atoms with van der Waals surface area (Å²) in [6.45, 7) is -4.21. The van der Waals surface area contributed by atoms with Crippen LogP contribution < -0.4 is 0 Å². The summed E-state index contributed by atoms with van der Waals surface area (Å²) < 4.78 is 60.5. The van der Waals surface area contributed by atoms with Gasteiger partial charge < -0.3 is 17.6 Å². The highest BCUT2D eigenvalue weighted by molar-refractivity contribution is 9.18. The molecule has 0 radical (unpaired) electrons. The maximum atomic E-state index is 15.0. The molecule has 122 valence electrons. The molecule has 2 nitrogen and oxygen atoms in total. The fraction of sp³-hybridized carbons (Fsp3) is 0. The molecule has 0 amide bonds. The van der Waals surface area contributed by atoms with Crippen LogP contribution in [0.5, 0.6) is 0 Å². The Balaban J connectivity index is 2.17. The molecule has 0 unspecified atom stereocenters. The number of nitrogens with zero attached hydrogens (tertiary/aromatic N) is 2. The van der Waals surface area contributed by atoms with E-state index in [1.54, 1.807) is 0 Å². The standard InChI is InChI=1S/C15H7BBr2F4N2/c17-12-6-4-10-15(14-8(19)2-1-3-9(14)20)11-5-7-13(18)24(11)16(21,22)23(10)12/h1-7H. The van der Waals surface area contributed by atoms with Crippen molar-refractivity contribution < 1.29 is 21.9 Å². The second-order valence-corrected chi connectivity index (χ2v) is 7.01. The van der Waals surface area contributed by atoms with Gasteiger partial charge in [-0.25, -0.2) is 8.78 Å². The summed E-state index contributed by atoms with van der Waals surface area (Å²) in [7, 11) is 0. The van der Waals surface area contributed by atoms with E-state index in [1.807, 2.05) is 0 Å². The monoisotopic (exact) mass is 460 g/mol. The molecule has 0 fully saturated rings. The van der Waals surface area contributed by atoms with Gasteiger partial charge in [-0.2, -0.15) is 0 Å². The van der Waals surface area contributed by atoms with Crippen LogP contribution in [0.25, 0.3) is 5.57 Å². The Labute approximate surface area is 151 Å². The van der Waals surface area contributed by atoms with E-state index in [0.717, 1.165) is 21.1 Å². The number of benzene rings is 1. The summed E-state index contributed by atoms with van der Waals surface area (Å²) in [5.41, 5.74) is -0.153. The fourth-order valence-electron chi connectivity index (χ4n) is 3.13. The molecule has 0 saturated heterocycles. The van der Waals surface area contributed by atoms with E-state index in [0.29, 0.717) is 0 Å². The SMILES string of the molecule is Fc1cccc(F)c1C1=C2C=CC(Br)=[N+]2[B-](F)(F)n2c(Br)ccc21. The number of hydrogen-bond acceptors (Lipinski definition) is 0. The van der Waals surface area contributed by atoms with Gasteiger partial charge in [0.15, 0.2) is 5.70 Å². The third kappa shape index (κ3) is 1.97. The van der Waals surface area contributed by atoms with Gasteiger partial charge in [0, 0.05) is 33.8 Å². The van der Waals surface area contributed by atoms with Gasteiger partial charge in [-0.1, -0.05) is 6.07 Å². The Morgan fingerprint density at radius 2 is 1.62 bits per heavy atom. The maximum absolute atomic E-state index is 15.0. The normalized spacial score (nSPS) is 18.2. The van der Waals surface area contributed by atoms with Crippen molar-refractivity contribution in [2.24, 2.45) is 0 Å². The van der Waals surface area contributed by atoms with Crippen molar-refractivity contribution in [1.82, 2.24) is 4.48 Å². The first-order valence-corrected chi connectivity index (χ1v) is 8.50. The number of allylic oxidation sites excluding steroid dienone is 2. The van der Waals surface area contributed by atoms with Crippen LogP contribution in [0.4, 0.5) is 17.4 Å². The van der Waals surface area contributed by atoms with E-state index in [1.165, 1.54) is 30.4 Å². The number of halogens is 6. The average Bonchev–Trinajstić information content (AvgIpc) is 3.07. The third-order valence-electron chi connectivity index (χ3n) is 4.08. The predicted molar refractivity (Wildman–Crippen MR) is 91.2 cm³/mol. The van der Waals surface area contributed by atoms with E-state index < -0.39 is 18.6 Å². The Morgan fingerprint density at radius 3 is 2.29 bits per heavy atom. The molecule has 0 aliphatic carbocycles. The first kappa shape index (κ1) is 15.9. The Kier molecular flexibility index (Phi) is 3.44. The number of aromatic nitrogens is 1. The van der Waals surface area contributed by atoms with E-state index in [4.69, 9.17) is 0 Å². The lowest BCUT2D eigenvalue weighted by atomic mass is 9.86. The molecular formula is C15H7BBr2F4N2. The van der Waals surface area contributed by atoms with Gasteiger partial charge in [-0.15, -0.1) is 0 Å². The maximum Gasteiger partial charge on any atom is 0.738 e. The second-order valence-electron chi connectivity index (χ2n) is 5.38. The van der Waals surface area contributed by atoms with E-state index >= 15 is 0 Å². The Hall–Kier alpha value is -1.61. The third-order valence-corrected chi connectivity index (χ3v) is 5.38. The second kappa shape index (κ2) is 5.19. The Bertz CT molecular complexity index is 971. The van der Waals surface area contributed by atoms with Crippen molar-refractivity contribution in [1.29, 1.82) is 0 Å². The minimum Gasteiger partial charge on any atom is -0.389 e. The molecule has 3 heterocycles. The van der Waals surface area contributed by atoms with Gasteiger partial charge in [-0.05, 0) is 40.2 Å². The molecule has 1 aromatic heterocycles. The summed E-state index contributed by atoms with van der Waals surface area (Å²) in [5.74, 6) is -1.62. The van der Waals surface area contributed by atoms with Crippen LogP contribution in [-0.2, 0) is 0 Å². The average molecular weight is 462 g/mol. The summed E-state index contributed by atoms with van der Waals surface area (Å²) in [5, 5.41) is 0. The van der Waals surface area contributed by atoms with Crippen molar-refractivity contribution in [3.63, 3.8) is 0 Å². The molecular weight excluding hydrogens is 455 g/mol. The molecule has 0 bridgehead atoms. The molecule has 9 heteroatoms. The van der Waals surface area contributed by atoms with E-state index in [9.17, 15) is 17.4 Å². The van der Waals surface area contributed by atoms with Crippen molar-refractivity contribution in [2.75, 3.05) is 0 Å². The minimum atomic E-state index is -4.21. The molecule has 4 rings (SSSR count). The smallest absolute Gasteiger partial charge is 0.389 e. The molecule has 0 atom stereocenters. The molecule has 2 aliphatic rings. The molecule has 0 saturated carbocycles. The van der Waals surface area contributed by atoms with Crippen molar-refractivity contribution in [3.8, 4) is 0 Å². The zero-order chi connectivity index (χ0) is 17.2. The van der Waals surface area contributed by atoms with Gasteiger partial charge in [0.25, 0.3) is 0 Å².